The monoisotopic (exact) mass is 263 g/mol. The van der Waals surface area contributed by atoms with Gasteiger partial charge < -0.3 is 11.1 Å². The number of nitrogen functional groups attached to an aromatic ring is 1. The van der Waals surface area contributed by atoms with E-state index in [0.717, 1.165) is 18.7 Å². The molecule has 3 N–H and O–H groups in total. The highest BCUT2D eigenvalue weighted by molar-refractivity contribution is 7.09. The van der Waals surface area contributed by atoms with Crippen molar-refractivity contribution in [3.05, 3.63) is 50.7 Å². The Morgan fingerprint density at radius 3 is 2.83 bits per heavy atom. The third kappa shape index (κ3) is 2.98. The van der Waals surface area contributed by atoms with Crippen LogP contribution in [0.3, 0.4) is 0 Å². The van der Waals surface area contributed by atoms with Gasteiger partial charge in [0.2, 0.25) is 0 Å². The summed E-state index contributed by atoms with van der Waals surface area (Å²) in [4.78, 5) is 11.4. The van der Waals surface area contributed by atoms with E-state index in [1.165, 1.54) is 17.0 Å². The topological polar surface area (TPSA) is 81.2 Å². The van der Waals surface area contributed by atoms with Gasteiger partial charge >= 0.3 is 0 Å². The molecule has 0 radical (unpaired) electrons. The number of nitro benzene ring substituents is 1. The maximum absolute atomic E-state index is 10.6. The second kappa shape index (κ2) is 5.50. The van der Waals surface area contributed by atoms with E-state index < -0.39 is 4.92 Å². The summed E-state index contributed by atoms with van der Waals surface area (Å²) in [5.74, 6) is 0. The van der Waals surface area contributed by atoms with Crippen LogP contribution in [0.5, 0.6) is 0 Å². The molecule has 0 aliphatic heterocycles. The second-order valence-corrected chi connectivity index (χ2v) is 4.82. The molecular formula is C12H13N3O2S. The highest BCUT2D eigenvalue weighted by Crippen LogP contribution is 2.24. The van der Waals surface area contributed by atoms with E-state index in [9.17, 15) is 10.1 Å². The number of nitrogens with two attached hydrogens (primary N) is 1. The van der Waals surface area contributed by atoms with Crippen LogP contribution in [0.25, 0.3) is 0 Å². The Bertz CT molecular complexity index is 540. The molecule has 1 aromatic carbocycles. The molecular weight excluding hydrogens is 250 g/mol. The van der Waals surface area contributed by atoms with Crippen LogP contribution in [0.1, 0.15) is 4.88 Å². The maximum atomic E-state index is 10.6. The molecule has 0 aliphatic carbocycles. The van der Waals surface area contributed by atoms with E-state index in [4.69, 9.17) is 5.73 Å². The van der Waals surface area contributed by atoms with Crippen LogP contribution in [0, 0.1) is 10.1 Å². The van der Waals surface area contributed by atoms with Gasteiger partial charge in [-0.15, -0.1) is 11.3 Å². The number of benzene rings is 1. The molecule has 0 fully saturated rings. The summed E-state index contributed by atoms with van der Waals surface area (Å²) in [6, 6.07) is 8.55. The van der Waals surface area contributed by atoms with Crippen LogP contribution in [0.4, 0.5) is 17.1 Å². The lowest BCUT2D eigenvalue weighted by molar-refractivity contribution is -0.384. The van der Waals surface area contributed by atoms with Gasteiger partial charge in [0, 0.05) is 23.6 Å². The van der Waals surface area contributed by atoms with Gasteiger partial charge in [-0.1, -0.05) is 6.07 Å². The summed E-state index contributed by atoms with van der Waals surface area (Å²) in [6.07, 6.45) is 0.911. The summed E-state index contributed by atoms with van der Waals surface area (Å²) in [5.41, 5.74) is 6.90. The van der Waals surface area contributed by atoms with Gasteiger partial charge in [-0.25, -0.2) is 0 Å². The van der Waals surface area contributed by atoms with Gasteiger partial charge in [-0.05, 0) is 23.9 Å². The van der Waals surface area contributed by atoms with Crippen LogP contribution in [-0.2, 0) is 6.42 Å². The normalized spacial score (nSPS) is 10.2. The van der Waals surface area contributed by atoms with Crippen molar-refractivity contribution in [2.45, 2.75) is 6.42 Å². The first-order chi connectivity index (χ1) is 8.66. The molecule has 0 aliphatic rings. The summed E-state index contributed by atoms with van der Waals surface area (Å²) in [6.45, 7) is 0.753. The molecule has 0 unspecified atom stereocenters. The number of hydrogen-bond acceptors (Lipinski definition) is 5. The molecule has 2 aromatic rings. The van der Waals surface area contributed by atoms with Crippen molar-refractivity contribution >= 4 is 28.4 Å². The first kappa shape index (κ1) is 12.4. The fourth-order valence-corrected chi connectivity index (χ4v) is 2.31. The van der Waals surface area contributed by atoms with Crippen LogP contribution in [0.15, 0.2) is 35.7 Å². The van der Waals surface area contributed by atoms with E-state index in [1.54, 1.807) is 17.4 Å². The van der Waals surface area contributed by atoms with Crippen LogP contribution < -0.4 is 11.1 Å². The maximum Gasteiger partial charge on any atom is 0.271 e. The van der Waals surface area contributed by atoms with Gasteiger partial charge in [0.05, 0.1) is 16.3 Å². The molecule has 0 atom stereocenters. The van der Waals surface area contributed by atoms with Crippen LogP contribution >= 0.6 is 11.3 Å². The Morgan fingerprint density at radius 1 is 1.39 bits per heavy atom. The number of anilines is 2. The van der Waals surface area contributed by atoms with Crippen molar-refractivity contribution in [2.75, 3.05) is 17.6 Å². The number of hydrogen-bond donors (Lipinski definition) is 2. The lowest BCUT2D eigenvalue weighted by Gasteiger charge is -2.08. The molecule has 0 spiro atoms. The van der Waals surface area contributed by atoms with E-state index >= 15 is 0 Å². The third-order valence-corrected chi connectivity index (χ3v) is 3.45. The standard InChI is InChI=1S/C12H13N3O2S/c13-11-8-9(15(16)17)3-4-12(11)14-6-5-10-2-1-7-18-10/h1-4,7-8,14H,5-6,13H2. The summed E-state index contributed by atoms with van der Waals surface area (Å²) < 4.78 is 0. The fraction of sp³-hybridized carbons (Fsp3) is 0.167. The average molecular weight is 263 g/mol. The number of nitro groups is 1. The van der Waals surface area contributed by atoms with Crippen molar-refractivity contribution < 1.29 is 4.92 Å². The molecule has 0 bridgehead atoms. The fourth-order valence-electron chi connectivity index (χ4n) is 1.60. The van der Waals surface area contributed by atoms with Gasteiger partial charge in [0.25, 0.3) is 5.69 Å². The molecule has 0 amide bonds. The molecule has 5 nitrogen and oxygen atoms in total. The first-order valence-corrected chi connectivity index (χ1v) is 6.35. The Hall–Kier alpha value is -2.08. The number of non-ortho nitro benzene ring substituents is 1. The Balaban J connectivity index is 1.95. The molecule has 6 heteroatoms. The Labute approximate surface area is 108 Å². The second-order valence-electron chi connectivity index (χ2n) is 3.78. The average Bonchev–Trinajstić information content (AvgIpc) is 2.84. The zero-order valence-electron chi connectivity index (χ0n) is 9.63. The highest BCUT2D eigenvalue weighted by Gasteiger charge is 2.08. The van der Waals surface area contributed by atoms with E-state index in [-0.39, 0.29) is 5.69 Å². The van der Waals surface area contributed by atoms with Crippen molar-refractivity contribution in [2.24, 2.45) is 0 Å². The smallest absolute Gasteiger partial charge is 0.271 e. The first-order valence-electron chi connectivity index (χ1n) is 5.47. The van der Waals surface area contributed by atoms with Gasteiger partial charge in [-0.2, -0.15) is 0 Å². The number of nitrogens with one attached hydrogen (secondary N) is 1. The zero-order chi connectivity index (χ0) is 13.0. The minimum atomic E-state index is -0.453. The summed E-state index contributed by atoms with van der Waals surface area (Å²) in [7, 11) is 0. The zero-order valence-corrected chi connectivity index (χ0v) is 10.4. The van der Waals surface area contributed by atoms with Gasteiger partial charge in [0.1, 0.15) is 0 Å². The Morgan fingerprint density at radius 2 is 2.22 bits per heavy atom. The van der Waals surface area contributed by atoms with Crippen LogP contribution in [0.2, 0.25) is 0 Å². The largest absolute Gasteiger partial charge is 0.397 e. The van der Waals surface area contributed by atoms with Crippen molar-refractivity contribution in [3.8, 4) is 0 Å². The van der Waals surface area contributed by atoms with Crippen LogP contribution in [-0.4, -0.2) is 11.5 Å². The number of rotatable bonds is 5. The predicted octanol–water partition coefficient (Wildman–Crippen LogP) is 2.89. The molecule has 1 aromatic heterocycles. The molecule has 94 valence electrons. The van der Waals surface area contributed by atoms with Crippen molar-refractivity contribution in [3.63, 3.8) is 0 Å². The number of thiophene rings is 1. The van der Waals surface area contributed by atoms with E-state index in [1.807, 2.05) is 11.4 Å². The molecule has 0 saturated heterocycles. The quantitative estimate of drug-likeness (QED) is 0.493. The lowest BCUT2D eigenvalue weighted by atomic mass is 10.2. The van der Waals surface area contributed by atoms with Crippen molar-refractivity contribution in [1.82, 2.24) is 0 Å². The van der Waals surface area contributed by atoms with Gasteiger partial charge in [0.15, 0.2) is 0 Å². The van der Waals surface area contributed by atoms with E-state index in [0.29, 0.717) is 5.69 Å². The van der Waals surface area contributed by atoms with Crippen molar-refractivity contribution in [1.29, 1.82) is 0 Å². The summed E-state index contributed by atoms with van der Waals surface area (Å²) >= 11 is 1.71. The number of nitrogens with zero attached hydrogens (tertiary/aromatic N) is 1. The third-order valence-electron chi connectivity index (χ3n) is 2.51. The molecule has 1 heterocycles. The lowest BCUT2D eigenvalue weighted by Crippen LogP contribution is -2.06. The predicted molar refractivity (Wildman–Crippen MR) is 74.0 cm³/mol. The minimum absolute atomic E-state index is 0.0105. The van der Waals surface area contributed by atoms with E-state index in [2.05, 4.69) is 11.4 Å². The molecule has 0 saturated carbocycles. The van der Waals surface area contributed by atoms with Gasteiger partial charge in [-0.3, -0.25) is 10.1 Å². The minimum Gasteiger partial charge on any atom is -0.397 e. The Kier molecular flexibility index (Phi) is 3.78. The molecule has 18 heavy (non-hydrogen) atoms. The highest BCUT2D eigenvalue weighted by atomic mass is 32.1. The molecule has 2 rings (SSSR count). The SMILES string of the molecule is Nc1cc([N+](=O)[O-])ccc1NCCc1cccs1. The summed E-state index contributed by atoms with van der Waals surface area (Å²) in [5, 5.41) is 15.8.